The quantitative estimate of drug-likeness (QED) is 0.620. The second-order valence-corrected chi connectivity index (χ2v) is 10.00. The van der Waals surface area contributed by atoms with Crippen molar-refractivity contribution in [2.75, 3.05) is 0 Å². The van der Waals surface area contributed by atoms with Crippen LogP contribution < -0.4 is 0 Å². The molecular formula is C14H20OSi. The lowest BCUT2D eigenvalue weighted by Gasteiger charge is -2.25. The second kappa shape index (κ2) is 5.28. The fourth-order valence-electron chi connectivity index (χ4n) is 1.69. The van der Waals surface area contributed by atoms with Crippen molar-refractivity contribution in [3.63, 3.8) is 0 Å². The molecule has 0 saturated carbocycles. The molecule has 0 heterocycles. The van der Waals surface area contributed by atoms with Crippen LogP contribution in [-0.4, -0.2) is 13.2 Å². The molecule has 1 unspecified atom stereocenters. The maximum atomic E-state index is 10.4. The maximum absolute atomic E-state index is 10.4. The minimum absolute atomic E-state index is 0.495. The predicted molar refractivity (Wildman–Crippen MR) is 73.0 cm³/mol. The molecular weight excluding hydrogens is 212 g/mol. The van der Waals surface area contributed by atoms with E-state index in [0.29, 0.717) is 0 Å². The highest BCUT2D eigenvalue weighted by atomic mass is 28.3. The topological polar surface area (TPSA) is 20.2 Å². The van der Waals surface area contributed by atoms with Crippen LogP contribution in [0.4, 0.5) is 0 Å². The molecule has 2 heteroatoms. The van der Waals surface area contributed by atoms with Crippen LogP contribution in [0.2, 0.25) is 19.6 Å². The van der Waals surface area contributed by atoms with Gasteiger partial charge in [-0.2, -0.15) is 0 Å². The summed E-state index contributed by atoms with van der Waals surface area (Å²) in [4.78, 5) is 0. The molecule has 1 atom stereocenters. The monoisotopic (exact) mass is 232 g/mol. The number of benzene rings is 1. The van der Waals surface area contributed by atoms with Crippen molar-refractivity contribution in [3.8, 4) is 0 Å². The Hall–Kier alpha value is -1.12. The smallest absolute Gasteiger partial charge is 0.0969 e. The summed E-state index contributed by atoms with van der Waals surface area (Å²) in [6.07, 6.45) is 3.23. The number of allylic oxidation sites excluding steroid dienone is 2. The third kappa shape index (κ3) is 3.19. The van der Waals surface area contributed by atoms with Crippen LogP contribution in [0.25, 0.3) is 0 Å². The van der Waals surface area contributed by atoms with Gasteiger partial charge in [-0.1, -0.05) is 68.7 Å². The van der Waals surface area contributed by atoms with Crippen molar-refractivity contribution in [3.05, 3.63) is 59.8 Å². The molecule has 0 radical (unpaired) electrons. The third-order valence-electron chi connectivity index (χ3n) is 2.57. The van der Waals surface area contributed by atoms with Gasteiger partial charge >= 0.3 is 0 Å². The number of aliphatic hydroxyl groups is 1. The zero-order valence-electron chi connectivity index (χ0n) is 10.3. The lowest BCUT2D eigenvalue weighted by atomic mass is 10.1. The average molecular weight is 232 g/mol. The Morgan fingerprint density at radius 3 is 2.25 bits per heavy atom. The minimum Gasteiger partial charge on any atom is -0.384 e. The molecule has 0 saturated heterocycles. The van der Waals surface area contributed by atoms with E-state index in [1.165, 1.54) is 0 Å². The molecule has 1 N–H and O–H groups in total. The molecule has 0 bridgehead atoms. The Labute approximate surface area is 99.1 Å². The normalized spacial score (nSPS) is 14.6. The van der Waals surface area contributed by atoms with Crippen LogP contribution in [0.5, 0.6) is 0 Å². The number of rotatable bonds is 4. The van der Waals surface area contributed by atoms with E-state index in [1.54, 1.807) is 6.08 Å². The first-order valence-electron chi connectivity index (χ1n) is 5.53. The van der Waals surface area contributed by atoms with Gasteiger partial charge in [-0.3, -0.25) is 0 Å². The van der Waals surface area contributed by atoms with Gasteiger partial charge in [-0.15, -0.1) is 0 Å². The summed E-state index contributed by atoms with van der Waals surface area (Å²) in [5.74, 6) is 0. The predicted octanol–water partition coefficient (Wildman–Crippen LogP) is 3.71. The molecule has 1 nitrogen and oxygen atoms in total. The second-order valence-electron chi connectivity index (χ2n) is 4.92. The van der Waals surface area contributed by atoms with Gasteiger partial charge in [-0.25, -0.2) is 0 Å². The van der Waals surface area contributed by atoms with E-state index in [9.17, 15) is 5.11 Å². The van der Waals surface area contributed by atoms with Gasteiger partial charge in [0.25, 0.3) is 0 Å². The van der Waals surface area contributed by atoms with E-state index in [-0.39, 0.29) is 0 Å². The lowest BCUT2D eigenvalue weighted by molar-refractivity contribution is 0.222. The highest BCUT2D eigenvalue weighted by Gasteiger charge is 2.25. The van der Waals surface area contributed by atoms with E-state index in [0.717, 1.165) is 10.8 Å². The summed E-state index contributed by atoms with van der Waals surface area (Å²) in [6, 6.07) is 9.79. The Kier molecular flexibility index (Phi) is 4.27. The molecule has 0 aromatic heterocycles. The van der Waals surface area contributed by atoms with E-state index in [4.69, 9.17) is 0 Å². The fraction of sp³-hybridized carbons (Fsp3) is 0.286. The van der Waals surface area contributed by atoms with Gasteiger partial charge in [0.1, 0.15) is 0 Å². The van der Waals surface area contributed by atoms with Crippen molar-refractivity contribution in [2.45, 2.75) is 25.7 Å². The summed E-state index contributed by atoms with van der Waals surface area (Å²) < 4.78 is 0. The highest BCUT2D eigenvalue weighted by Crippen LogP contribution is 2.29. The first kappa shape index (κ1) is 12.9. The molecule has 16 heavy (non-hydrogen) atoms. The van der Waals surface area contributed by atoms with Gasteiger partial charge in [0, 0.05) is 0 Å². The highest BCUT2D eigenvalue weighted by molar-refractivity contribution is 6.83. The van der Waals surface area contributed by atoms with Crippen LogP contribution >= 0.6 is 0 Å². The third-order valence-corrected chi connectivity index (χ3v) is 4.75. The standard InChI is InChI=1S/C14H20OSi/c1-5-9-13(16(2,3)4)14(15)12-10-7-6-8-11-12/h5-11,14-15H,1H2,2-4H3/b13-9-. The zero-order chi connectivity index (χ0) is 12.2. The number of hydrogen-bond donors (Lipinski definition) is 1. The Morgan fingerprint density at radius 2 is 1.81 bits per heavy atom. The van der Waals surface area contributed by atoms with Crippen molar-refractivity contribution < 1.29 is 5.11 Å². The molecule has 86 valence electrons. The van der Waals surface area contributed by atoms with Gasteiger partial charge < -0.3 is 5.11 Å². The van der Waals surface area contributed by atoms with Gasteiger partial charge in [-0.05, 0) is 10.8 Å². The molecule has 1 aromatic carbocycles. The fourth-order valence-corrected chi connectivity index (χ4v) is 3.30. The van der Waals surface area contributed by atoms with Crippen molar-refractivity contribution >= 4 is 8.07 Å². The van der Waals surface area contributed by atoms with Gasteiger partial charge in [0.2, 0.25) is 0 Å². The zero-order valence-corrected chi connectivity index (χ0v) is 11.3. The summed E-state index contributed by atoms with van der Waals surface area (Å²) in [7, 11) is -1.51. The van der Waals surface area contributed by atoms with Crippen molar-refractivity contribution in [2.24, 2.45) is 0 Å². The first-order valence-corrected chi connectivity index (χ1v) is 9.03. The molecule has 0 aliphatic carbocycles. The summed E-state index contributed by atoms with van der Waals surface area (Å²) in [5, 5.41) is 11.5. The molecule has 0 amide bonds. The Balaban J connectivity index is 3.07. The summed E-state index contributed by atoms with van der Waals surface area (Å²) in [6.45, 7) is 10.4. The van der Waals surface area contributed by atoms with Crippen molar-refractivity contribution in [1.82, 2.24) is 0 Å². The van der Waals surface area contributed by atoms with E-state index in [1.807, 2.05) is 36.4 Å². The minimum atomic E-state index is -1.51. The average Bonchev–Trinajstić information content (AvgIpc) is 2.25. The van der Waals surface area contributed by atoms with Crippen LogP contribution in [0.3, 0.4) is 0 Å². The van der Waals surface area contributed by atoms with Gasteiger partial charge in [0.05, 0.1) is 14.2 Å². The van der Waals surface area contributed by atoms with Gasteiger partial charge in [0.15, 0.2) is 0 Å². The van der Waals surface area contributed by atoms with E-state index >= 15 is 0 Å². The molecule has 1 rings (SSSR count). The Bertz CT molecular complexity index is 373. The lowest BCUT2D eigenvalue weighted by Crippen LogP contribution is -2.28. The molecule has 1 aromatic rings. The van der Waals surface area contributed by atoms with Crippen LogP contribution in [-0.2, 0) is 0 Å². The molecule has 0 aliphatic rings. The molecule has 0 spiro atoms. The first-order chi connectivity index (χ1) is 7.46. The summed E-state index contributed by atoms with van der Waals surface area (Å²) >= 11 is 0. The van der Waals surface area contributed by atoms with E-state index < -0.39 is 14.2 Å². The Morgan fingerprint density at radius 1 is 1.25 bits per heavy atom. The summed E-state index contributed by atoms with van der Waals surface area (Å²) in [5.41, 5.74) is 0.957. The van der Waals surface area contributed by atoms with E-state index in [2.05, 4.69) is 26.2 Å². The number of aliphatic hydroxyl groups excluding tert-OH is 1. The molecule has 0 fully saturated rings. The van der Waals surface area contributed by atoms with Crippen LogP contribution in [0, 0.1) is 0 Å². The van der Waals surface area contributed by atoms with Crippen molar-refractivity contribution in [1.29, 1.82) is 0 Å². The van der Waals surface area contributed by atoms with Crippen LogP contribution in [0.15, 0.2) is 54.3 Å². The largest absolute Gasteiger partial charge is 0.384 e. The maximum Gasteiger partial charge on any atom is 0.0969 e. The molecule has 0 aliphatic heterocycles. The number of hydrogen-bond acceptors (Lipinski definition) is 1. The van der Waals surface area contributed by atoms with Crippen LogP contribution in [0.1, 0.15) is 11.7 Å². The SMILES string of the molecule is C=C/C=C(/C(O)c1ccccc1)[Si](C)(C)C.